The van der Waals surface area contributed by atoms with Crippen LogP contribution in [0.1, 0.15) is 55.6 Å². The topological polar surface area (TPSA) is 88.2 Å². The van der Waals surface area contributed by atoms with E-state index in [0.717, 1.165) is 16.7 Å². The number of amidine groups is 1. The lowest BCUT2D eigenvalue weighted by molar-refractivity contribution is -0.129. The van der Waals surface area contributed by atoms with E-state index in [0.29, 0.717) is 37.5 Å². The average molecular weight is 477 g/mol. The second-order valence-electron chi connectivity index (χ2n) is 9.44. The number of aryl methyl sites for hydroxylation is 1. The zero-order valence-corrected chi connectivity index (χ0v) is 21.3. The molecule has 2 amide bonds. The Kier molecular flexibility index (Phi) is 8.82. The largest absolute Gasteiger partial charge is 0.349 e. The summed E-state index contributed by atoms with van der Waals surface area (Å²) < 4.78 is 0. The van der Waals surface area contributed by atoms with Crippen LogP contribution < -0.4 is 5.73 Å². The quantitative estimate of drug-likeness (QED) is 0.541. The van der Waals surface area contributed by atoms with Gasteiger partial charge in [-0.1, -0.05) is 67.0 Å². The minimum Gasteiger partial charge on any atom is -0.349 e. The molecule has 0 radical (unpaired) electrons. The highest BCUT2D eigenvalue weighted by atomic mass is 16.6. The fourth-order valence-corrected chi connectivity index (χ4v) is 4.13. The number of hydrogen-bond donors (Lipinski definition) is 1. The summed E-state index contributed by atoms with van der Waals surface area (Å²) >= 11 is 0. The minimum atomic E-state index is -0.485. The van der Waals surface area contributed by atoms with Crippen LogP contribution >= 0.6 is 0 Å². The van der Waals surface area contributed by atoms with E-state index in [1.54, 1.807) is 9.80 Å². The molecule has 1 aliphatic heterocycles. The van der Waals surface area contributed by atoms with Crippen LogP contribution in [0.15, 0.2) is 71.1 Å². The molecule has 2 N–H and O–H groups in total. The molecule has 7 heteroatoms. The third-order valence-corrected chi connectivity index (χ3v) is 5.98. The molecule has 2 aromatic rings. The average Bonchev–Trinajstić information content (AvgIpc) is 2.83. The summed E-state index contributed by atoms with van der Waals surface area (Å²) in [5.41, 5.74) is 9.20. The first-order valence-corrected chi connectivity index (χ1v) is 12.1. The molecule has 1 atom stereocenters. The molecule has 0 bridgehead atoms. The summed E-state index contributed by atoms with van der Waals surface area (Å²) in [6.45, 7) is 10.9. The van der Waals surface area contributed by atoms with Gasteiger partial charge in [0.2, 0.25) is 5.76 Å². The molecule has 3 rings (SSSR count). The van der Waals surface area contributed by atoms with Crippen molar-refractivity contribution in [2.24, 2.45) is 16.8 Å². The monoisotopic (exact) mass is 476 g/mol. The summed E-state index contributed by atoms with van der Waals surface area (Å²) in [4.78, 5) is 36.4. The van der Waals surface area contributed by atoms with Gasteiger partial charge >= 0.3 is 0 Å². The molecular formula is C28H36N4O3. The highest BCUT2D eigenvalue weighted by molar-refractivity contribution is 6.09. The van der Waals surface area contributed by atoms with Crippen molar-refractivity contribution in [3.05, 3.63) is 82.6 Å². The van der Waals surface area contributed by atoms with E-state index in [1.165, 1.54) is 0 Å². The van der Waals surface area contributed by atoms with Crippen molar-refractivity contribution in [2.75, 3.05) is 13.1 Å². The summed E-state index contributed by atoms with van der Waals surface area (Å²) in [6.07, 6.45) is 0.626. The van der Waals surface area contributed by atoms with Gasteiger partial charge in [0.1, 0.15) is 0 Å². The molecular weight excluding hydrogens is 440 g/mol. The summed E-state index contributed by atoms with van der Waals surface area (Å²) in [6, 6.07) is 16.8. The lowest BCUT2D eigenvalue weighted by Crippen LogP contribution is -2.56. The first-order valence-electron chi connectivity index (χ1n) is 12.1. The first-order chi connectivity index (χ1) is 16.7. The van der Waals surface area contributed by atoms with Crippen molar-refractivity contribution in [1.29, 1.82) is 0 Å². The number of amides is 2. The smallest absolute Gasteiger partial charge is 0.298 e. The molecule has 2 aromatic carbocycles. The van der Waals surface area contributed by atoms with Gasteiger partial charge in [0, 0.05) is 12.1 Å². The van der Waals surface area contributed by atoms with Crippen LogP contribution in [-0.4, -0.2) is 46.6 Å². The van der Waals surface area contributed by atoms with Gasteiger partial charge in [-0.15, -0.1) is 0 Å². The van der Waals surface area contributed by atoms with Gasteiger partial charge in [-0.3, -0.25) is 14.5 Å². The molecule has 186 valence electrons. The Labute approximate surface area is 208 Å². The summed E-state index contributed by atoms with van der Waals surface area (Å²) in [5.74, 6) is 0.219. The standard InChI is InChI=1S/C28H36N4O3/c1-19(2)24(31(17-9-16-29)27(33)23-14-12-21(5)13-15-23)26-30-35-25(20(3)4)28(34)32(26)18-22-10-7-6-8-11-22/h6-8,10-15,19,24H,9,16-18,29H2,1-5H3. The Morgan fingerprint density at radius 3 is 2.31 bits per heavy atom. The number of allylic oxidation sites excluding steroid dienone is 1. The van der Waals surface area contributed by atoms with Gasteiger partial charge in [-0.2, -0.15) is 0 Å². The Bertz CT molecular complexity index is 1090. The van der Waals surface area contributed by atoms with Crippen LogP contribution in [0.4, 0.5) is 0 Å². The molecule has 1 unspecified atom stereocenters. The highest BCUT2D eigenvalue weighted by Gasteiger charge is 2.40. The zero-order chi connectivity index (χ0) is 25.5. The maximum absolute atomic E-state index is 13.7. The third-order valence-electron chi connectivity index (χ3n) is 5.98. The molecule has 35 heavy (non-hydrogen) atoms. The summed E-state index contributed by atoms with van der Waals surface area (Å²) in [5, 5.41) is 4.44. The molecule has 0 aliphatic carbocycles. The van der Waals surface area contributed by atoms with Crippen molar-refractivity contribution in [1.82, 2.24) is 9.80 Å². The fraction of sp³-hybridized carbons (Fsp3) is 0.393. The van der Waals surface area contributed by atoms with E-state index in [9.17, 15) is 9.59 Å². The van der Waals surface area contributed by atoms with Gasteiger partial charge < -0.3 is 15.5 Å². The molecule has 1 heterocycles. The van der Waals surface area contributed by atoms with E-state index in [4.69, 9.17) is 10.6 Å². The van der Waals surface area contributed by atoms with Gasteiger partial charge in [-0.05, 0) is 62.9 Å². The van der Waals surface area contributed by atoms with Crippen molar-refractivity contribution >= 4 is 17.6 Å². The fourth-order valence-electron chi connectivity index (χ4n) is 4.13. The van der Waals surface area contributed by atoms with Gasteiger partial charge in [0.15, 0.2) is 5.84 Å². The van der Waals surface area contributed by atoms with Gasteiger partial charge in [0.25, 0.3) is 11.8 Å². The Balaban J connectivity index is 2.08. The maximum atomic E-state index is 13.7. The van der Waals surface area contributed by atoms with Gasteiger partial charge in [-0.25, -0.2) is 0 Å². The molecule has 0 spiro atoms. The van der Waals surface area contributed by atoms with Crippen LogP contribution in [0.25, 0.3) is 0 Å². The molecule has 7 nitrogen and oxygen atoms in total. The number of benzene rings is 2. The SMILES string of the molecule is CC(C)=C1ON=C(C(C(C)C)N(CCCN)C(=O)c2ccc(C)cc2)N(Cc2ccccc2)C1=O. The van der Waals surface area contributed by atoms with Crippen LogP contribution in [0.3, 0.4) is 0 Å². The van der Waals surface area contributed by atoms with Crippen LogP contribution in [0, 0.1) is 12.8 Å². The van der Waals surface area contributed by atoms with Crippen LogP contribution in [-0.2, 0) is 16.2 Å². The number of rotatable bonds is 9. The lowest BCUT2D eigenvalue weighted by Gasteiger charge is -2.40. The van der Waals surface area contributed by atoms with E-state index < -0.39 is 6.04 Å². The highest BCUT2D eigenvalue weighted by Crippen LogP contribution is 2.26. The third kappa shape index (κ3) is 6.17. The van der Waals surface area contributed by atoms with Crippen molar-refractivity contribution < 1.29 is 14.4 Å². The van der Waals surface area contributed by atoms with Crippen molar-refractivity contribution in [2.45, 2.75) is 53.6 Å². The van der Waals surface area contributed by atoms with Crippen molar-refractivity contribution in [3.8, 4) is 0 Å². The molecule has 0 saturated carbocycles. The Morgan fingerprint density at radius 2 is 1.74 bits per heavy atom. The number of nitrogens with zero attached hydrogens (tertiary/aromatic N) is 3. The first kappa shape index (κ1) is 26.2. The number of carbonyl (C=O) groups is 2. The predicted octanol–water partition coefficient (Wildman–Crippen LogP) is 4.48. The second-order valence-corrected chi connectivity index (χ2v) is 9.44. The van der Waals surface area contributed by atoms with E-state index in [2.05, 4.69) is 5.16 Å². The lowest BCUT2D eigenvalue weighted by atomic mass is 9.97. The van der Waals surface area contributed by atoms with E-state index in [-0.39, 0.29) is 23.5 Å². The predicted molar refractivity (Wildman–Crippen MR) is 138 cm³/mol. The normalized spacial score (nSPS) is 14.5. The van der Waals surface area contributed by atoms with Crippen molar-refractivity contribution in [3.63, 3.8) is 0 Å². The summed E-state index contributed by atoms with van der Waals surface area (Å²) in [7, 11) is 0. The molecule has 1 aliphatic rings. The molecule has 0 fully saturated rings. The Morgan fingerprint density at radius 1 is 1.09 bits per heavy atom. The van der Waals surface area contributed by atoms with E-state index in [1.807, 2.05) is 89.2 Å². The van der Waals surface area contributed by atoms with Crippen LogP contribution in [0.5, 0.6) is 0 Å². The second kappa shape index (κ2) is 11.8. The Hall–Kier alpha value is -3.45. The zero-order valence-electron chi connectivity index (χ0n) is 21.3. The number of hydrogen-bond acceptors (Lipinski definition) is 5. The minimum absolute atomic E-state index is 0.0381. The number of nitrogens with two attached hydrogens (primary N) is 1. The van der Waals surface area contributed by atoms with Gasteiger partial charge in [0.05, 0.1) is 12.6 Å². The molecule has 0 aromatic heterocycles. The number of oxime groups is 1. The number of carbonyl (C=O) groups excluding carboxylic acids is 2. The maximum Gasteiger partial charge on any atom is 0.298 e. The molecule has 0 saturated heterocycles. The van der Waals surface area contributed by atoms with Crippen LogP contribution in [0.2, 0.25) is 0 Å². The van der Waals surface area contributed by atoms with E-state index >= 15 is 0 Å².